The summed E-state index contributed by atoms with van der Waals surface area (Å²) in [5, 5.41) is 0. The van der Waals surface area contributed by atoms with E-state index in [1.54, 1.807) is 0 Å². The molecule has 98 valence electrons. The molecule has 0 bridgehead atoms. The van der Waals surface area contributed by atoms with Gasteiger partial charge in [0.1, 0.15) is 5.75 Å². The molecule has 0 unspecified atom stereocenters. The number of ketones is 1. The third-order valence-electron chi connectivity index (χ3n) is 3.30. The predicted octanol–water partition coefficient (Wildman–Crippen LogP) is 2.67. The van der Waals surface area contributed by atoms with E-state index < -0.39 is 0 Å². The molecule has 1 saturated heterocycles. The van der Waals surface area contributed by atoms with Crippen molar-refractivity contribution in [2.45, 2.75) is 26.7 Å². The fourth-order valence-electron chi connectivity index (χ4n) is 2.37. The maximum absolute atomic E-state index is 12.3. The maximum atomic E-state index is 12.3. The largest absolute Gasteiger partial charge is 0.493 e. The zero-order valence-corrected chi connectivity index (χ0v) is 11.2. The summed E-state index contributed by atoms with van der Waals surface area (Å²) in [4.78, 5) is 14.5. The second kappa shape index (κ2) is 6.01. The molecular formula is C15H21NO2. The van der Waals surface area contributed by atoms with Gasteiger partial charge in [-0.2, -0.15) is 0 Å². The molecule has 1 heterocycles. The number of aryl methyl sites for hydroxylation is 1. The summed E-state index contributed by atoms with van der Waals surface area (Å²) in [5.41, 5.74) is 1.83. The number of nitrogens with zero attached hydrogens (tertiary/aromatic N) is 1. The Balaban J connectivity index is 2.14. The van der Waals surface area contributed by atoms with Crippen molar-refractivity contribution in [3.63, 3.8) is 0 Å². The first kappa shape index (κ1) is 13.1. The molecule has 18 heavy (non-hydrogen) atoms. The number of ether oxygens (including phenoxy) is 1. The number of benzene rings is 1. The number of carbonyl (C=O) groups is 1. The van der Waals surface area contributed by atoms with Crippen LogP contribution in [0.3, 0.4) is 0 Å². The van der Waals surface area contributed by atoms with Crippen LogP contribution >= 0.6 is 0 Å². The summed E-state index contributed by atoms with van der Waals surface area (Å²) in [6.07, 6.45) is 2.42. The molecule has 0 aliphatic carbocycles. The second-order valence-corrected chi connectivity index (χ2v) is 4.84. The Labute approximate surface area is 109 Å². The highest BCUT2D eigenvalue weighted by Crippen LogP contribution is 2.21. The van der Waals surface area contributed by atoms with Crippen molar-refractivity contribution in [1.82, 2.24) is 4.90 Å². The Bertz CT molecular complexity index is 423. The average Bonchev–Trinajstić information content (AvgIpc) is 2.84. The highest BCUT2D eigenvalue weighted by atomic mass is 16.5. The van der Waals surface area contributed by atoms with Gasteiger partial charge in [0.05, 0.1) is 18.7 Å². The molecule has 0 amide bonds. The van der Waals surface area contributed by atoms with Gasteiger partial charge in [0.2, 0.25) is 0 Å². The average molecular weight is 247 g/mol. The van der Waals surface area contributed by atoms with Crippen LogP contribution < -0.4 is 4.74 Å². The SMILES string of the molecule is CCOc1ccc(C)cc1C(=O)CN1CCCC1. The standard InChI is InChI=1S/C15H21NO2/c1-3-18-15-7-6-12(2)10-13(15)14(17)11-16-8-4-5-9-16/h6-7,10H,3-5,8-9,11H2,1-2H3. The fourth-order valence-corrected chi connectivity index (χ4v) is 2.37. The third kappa shape index (κ3) is 3.10. The monoisotopic (exact) mass is 247 g/mol. The van der Waals surface area contributed by atoms with E-state index >= 15 is 0 Å². The Morgan fingerprint density at radius 1 is 1.33 bits per heavy atom. The van der Waals surface area contributed by atoms with Crippen LogP contribution in [-0.2, 0) is 0 Å². The van der Waals surface area contributed by atoms with Crippen LogP contribution in [-0.4, -0.2) is 36.9 Å². The van der Waals surface area contributed by atoms with Gasteiger partial charge in [0, 0.05) is 0 Å². The zero-order valence-electron chi connectivity index (χ0n) is 11.2. The minimum atomic E-state index is 0.170. The molecule has 0 N–H and O–H groups in total. The van der Waals surface area contributed by atoms with E-state index in [4.69, 9.17) is 4.74 Å². The summed E-state index contributed by atoms with van der Waals surface area (Å²) in [6, 6.07) is 5.82. The number of carbonyl (C=O) groups excluding carboxylic acids is 1. The van der Waals surface area contributed by atoms with Gasteiger partial charge >= 0.3 is 0 Å². The van der Waals surface area contributed by atoms with Crippen LogP contribution in [0.2, 0.25) is 0 Å². The topological polar surface area (TPSA) is 29.5 Å². The summed E-state index contributed by atoms with van der Waals surface area (Å²) in [6.45, 7) is 7.14. The van der Waals surface area contributed by atoms with Crippen molar-refractivity contribution in [3.05, 3.63) is 29.3 Å². The molecule has 1 aromatic carbocycles. The van der Waals surface area contributed by atoms with Crippen LogP contribution in [0.5, 0.6) is 5.75 Å². The number of hydrogen-bond acceptors (Lipinski definition) is 3. The molecule has 0 aromatic heterocycles. The van der Waals surface area contributed by atoms with Gasteiger partial charge < -0.3 is 4.74 Å². The van der Waals surface area contributed by atoms with Gasteiger partial charge in [-0.1, -0.05) is 11.6 Å². The van der Waals surface area contributed by atoms with Gasteiger partial charge in [-0.25, -0.2) is 0 Å². The van der Waals surface area contributed by atoms with Crippen LogP contribution in [0.4, 0.5) is 0 Å². The first-order valence-electron chi connectivity index (χ1n) is 6.69. The van der Waals surface area contributed by atoms with E-state index in [2.05, 4.69) is 4.90 Å². The first-order valence-corrected chi connectivity index (χ1v) is 6.69. The summed E-state index contributed by atoms with van der Waals surface area (Å²) < 4.78 is 5.54. The van der Waals surface area contributed by atoms with Gasteiger partial charge in [-0.05, 0) is 51.9 Å². The molecule has 2 rings (SSSR count). The second-order valence-electron chi connectivity index (χ2n) is 4.84. The number of Topliss-reactive ketones (excluding diaryl/α,β-unsaturated/α-hetero) is 1. The molecule has 1 fully saturated rings. The Morgan fingerprint density at radius 3 is 2.72 bits per heavy atom. The first-order chi connectivity index (χ1) is 8.70. The molecule has 1 aliphatic heterocycles. The van der Waals surface area contributed by atoms with Crippen molar-refractivity contribution in [3.8, 4) is 5.75 Å². The van der Waals surface area contributed by atoms with Crippen molar-refractivity contribution >= 4 is 5.78 Å². The molecule has 0 saturated carbocycles. The Morgan fingerprint density at radius 2 is 2.06 bits per heavy atom. The van der Waals surface area contributed by atoms with Crippen molar-refractivity contribution in [1.29, 1.82) is 0 Å². The van der Waals surface area contributed by atoms with Crippen molar-refractivity contribution < 1.29 is 9.53 Å². The predicted molar refractivity (Wildman–Crippen MR) is 72.4 cm³/mol. The normalized spacial score (nSPS) is 15.9. The van der Waals surface area contributed by atoms with Crippen LogP contribution in [0.15, 0.2) is 18.2 Å². The van der Waals surface area contributed by atoms with Crippen LogP contribution in [0.1, 0.15) is 35.7 Å². The number of hydrogen-bond donors (Lipinski definition) is 0. The third-order valence-corrected chi connectivity index (χ3v) is 3.30. The number of rotatable bonds is 5. The number of likely N-dealkylation sites (tertiary alicyclic amines) is 1. The lowest BCUT2D eigenvalue weighted by Crippen LogP contribution is -2.27. The highest BCUT2D eigenvalue weighted by molar-refractivity contribution is 6.00. The van der Waals surface area contributed by atoms with E-state index in [1.807, 2.05) is 32.0 Å². The maximum Gasteiger partial charge on any atom is 0.180 e. The van der Waals surface area contributed by atoms with E-state index in [0.29, 0.717) is 18.9 Å². The van der Waals surface area contributed by atoms with Gasteiger partial charge in [-0.15, -0.1) is 0 Å². The van der Waals surface area contributed by atoms with E-state index in [9.17, 15) is 4.79 Å². The molecule has 0 spiro atoms. The van der Waals surface area contributed by atoms with Gasteiger partial charge in [-0.3, -0.25) is 9.69 Å². The lowest BCUT2D eigenvalue weighted by molar-refractivity contribution is 0.0941. The lowest BCUT2D eigenvalue weighted by atomic mass is 10.1. The van der Waals surface area contributed by atoms with E-state index in [0.717, 1.165) is 24.2 Å². The van der Waals surface area contributed by atoms with Crippen LogP contribution in [0.25, 0.3) is 0 Å². The summed E-state index contributed by atoms with van der Waals surface area (Å²) in [5.74, 6) is 0.886. The fraction of sp³-hybridized carbons (Fsp3) is 0.533. The smallest absolute Gasteiger partial charge is 0.180 e. The zero-order chi connectivity index (χ0) is 13.0. The van der Waals surface area contributed by atoms with Gasteiger partial charge in [0.15, 0.2) is 5.78 Å². The van der Waals surface area contributed by atoms with Crippen molar-refractivity contribution in [2.75, 3.05) is 26.2 Å². The molecule has 1 aliphatic rings. The quantitative estimate of drug-likeness (QED) is 0.749. The summed E-state index contributed by atoms with van der Waals surface area (Å²) >= 11 is 0. The molecular weight excluding hydrogens is 226 g/mol. The Hall–Kier alpha value is -1.35. The Kier molecular flexibility index (Phi) is 4.37. The summed E-state index contributed by atoms with van der Waals surface area (Å²) in [7, 11) is 0. The highest BCUT2D eigenvalue weighted by Gasteiger charge is 2.19. The minimum absolute atomic E-state index is 0.170. The minimum Gasteiger partial charge on any atom is -0.493 e. The van der Waals surface area contributed by atoms with Crippen LogP contribution in [0, 0.1) is 6.92 Å². The molecule has 3 nitrogen and oxygen atoms in total. The molecule has 0 radical (unpaired) electrons. The van der Waals surface area contributed by atoms with Crippen molar-refractivity contribution in [2.24, 2.45) is 0 Å². The molecule has 3 heteroatoms. The van der Waals surface area contributed by atoms with Gasteiger partial charge in [0.25, 0.3) is 0 Å². The lowest BCUT2D eigenvalue weighted by Gasteiger charge is -2.15. The van der Waals surface area contributed by atoms with E-state index in [1.165, 1.54) is 12.8 Å². The van der Waals surface area contributed by atoms with E-state index in [-0.39, 0.29) is 5.78 Å². The molecule has 1 aromatic rings. The molecule has 0 atom stereocenters.